The molecule has 36 heavy (non-hydrogen) atoms. The van der Waals surface area contributed by atoms with Crippen molar-refractivity contribution in [1.82, 2.24) is 9.80 Å². The van der Waals surface area contributed by atoms with E-state index >= 15 is 0 Å². The molecule has 0 aliphatic carbocycles. The first-order valence-electron chi connectivity index (χ1n) is 11.6. The zero-order chi connectivity index (χ0) is 25.5. The molecule has 9 nitrogen and oxygen atoms in total. The number of anilines is 1. The van der Waals surface area contributed by atoms with Crippen LogP contribution < -0.4 is 14.8 Å². The van der Waals surface area contributed by atoms with Crippen LogP contribution in [0.15, 0.2) is 53.4 Å². The zero-order valence-corrected chi connectivity index (χ0v) is 20.7. The lowest BCUT2D eigenvalue weighted by molar-refractivity contribution is -0.136. The van der Waals surface area contributed by atoms with Gasteiger partial charge >= 0.3 is 0 Å². The van der Waals surface area contributed by atoms with Crippen LogP contribution in [0.5, 0.6) is 11.5 Å². The van der Waals surface area contributed by atoms with Crippen LogP contribution in [-0.2, 0) is 14.4 Å². The van der Waals surface area contributed by atoms with Gasteiger partial charge in [0.25, 0.3) is 17.1 Å². The molecule has 2 aromatic rings. The summed E-state index contributed by atoms with van der Waals surface area (Å²) in [6.45, 7) is 0.859. The minimum atomic E-state index is -0.493. The van der Waals surface area contributed by atoms with Crippen molar-refractivity contribution in [3.8, 4) is 11.5 Å². The van der Waals surface area contributed by atoms with Gasteiger partial charge in [0.05, 0.1) is 12.0 Å². The monoisotopic (exact) mass is 509 g/mol. The Morgan fingerprint density at radius 2 is 1.78 bits per heavy atom. The lowest BCUT2D eigenvalue weighted by atomic mass is 10.1. The number of para-hydroxylation sites is 1. The molecule has 1 N–H and O–H groups in total. The maximum absolute atomic E-state index is 12.8. The van der Waals surface area contributed by atoms with Crippen LogP contribution in [0.4, 0.5) is 10.5 Å². The Hall–Kier alpha value is -3.79. The van der Waals surface area contributed by atoms with Crippen LogP contribution in [0.1, 0.15) is 24.8 Å². The maximum Gasteiger partial charge on any atom is 0.294 e. The molecular weight excluding hydrogens is 482 g/mol. The summed E-state index contributed by atoms with van der Waals surface area (Å²) in [5, 5.41) is 2.27. The number of hydrogen-bond acceptors (Lipinski definition) is 7. The predicted molar refractivity (Wildman–Crippen MR) is 137 cm³/mol. The van der Waals surface area contributed by atoms with E-state index in [1.54, 1.807) is 41.3 Å². The van der Waals surface area contributed by atoms with Crippen molar-refractivity contribution in [2.75, 3.05) is 38.7 Å². The Bertz CT molecular complexity index is 1180. The number of thioether (sulfide) groups is 1. The van der Waals surface area contributed by atoms with Crippen molar-refractivity contribution in [2.45, 2.75) is 19.3 Å². The highest BCUT2D eigenvalue weighted by molar-refractivity contribution is 8.18. The molecule has 4 amide bonds. The number of likely N-dealkylation sites (tertiary alicyclic amines) is 1. The maximum atomic E-state index is 12.8. The summed E-state index contributed by atoms with van der Waals surface area (Å²) >= 11 is 0.801. The summed E-state index contributed by atoms with van der Waals surface area (Å²) in [5.41, 5.74) is 1.28. The molecule has 0 spiro atoms. The second kappa shape index (κ2) is 11.8. The largest absolute Gasteiger partial charge is 0.493 e. The highest BCUT2D eigenvalue weighted by Gasteiger charge is 2.37. The zero-order valence-electron chi connectivity index (χ0n) is 19.9. The fourth-order valence-electron chi connectivity index (χ4n) is 3.92. The molecule has 0 saturated carbocycles. The van der Waals surface area contributed by atoms with E-state index in [2.05, 4.69) is 5.32 Å². The molecule has 10 heteroatoms. The van der Waals surface area contributed by atoms with Gasteiger partial charge in [-0.05, 0) is 66.9 Å². The van der Waals surface area contributed by atoms with Crippen molar-refractivity contribution in [3.63, 3.8) is 0 Å². The molecule has 2 fully saturated rings. The van der Waals surface area contributed by atoms with Gasteiger partial charge in [0.15, 0.2) is 18.1 Å². The third-order valence-electron chi connectivity index (χ3n) is 5.78. The van der Waals surface area contributed by atoms with E-state index in [1.807, 2.05) is 18.2 Å². The number of benzene rings is 2. The smallest absolute Gasteiger partial charge is 0.294 e. The molecule has 0 atom stereocenters. The first kappa shape index (κ1) is 25.3. The number of imide groups is 1. The number of nitrogens with one attached hydrogen (secondary N) is 1. The molecular formula is C26H27N3O6S. The summed E-state index contributed by atoms with van der Waals surface area (Å²) in [4.78, 5) is 52.9. The third-order valence-corrected chi connectivity index (χ3v) is 6.68. The van der Waals surface area contributed by atoms with Gasteiger partial charge in [-0.2, -0.15) is 0 Å². The van der Waals surface area contributed by atoms with Gasteiger partial charge in [-0.15, -0.1) is 0 Å². The van der Waals surface area contributed by atoms with E-state index in [-0.39, 0.29) is 29.9 Å². The average Bonchev–Trinajstić information content (AvgIpc) is 3.16. The topological polar surface area (TPSA) is 105 Å². The van der Waals surface area contributed by atoms with Crippen molar-refractivity contribution in [1.29, 1.82) is 0 Å². The van der Waals surface area contributed by atoms with Gasteiger partial charge in [-0.3, -0.25) is 24.1 Å². The first-order valence-corrected chi connectivity index (χ1v) is 12.4. The number of piperidine rings is 1. The normalized spacial score (nSPS) is 16.9. The summed E-state index contributed by atoms with van der Waals surface area (Å²) in [6, 6.07) is 14.0. The summed E-state index contributed by atoms with van der Waals surface area (Å²) in [6.07, 6.45) is 4.53. The lowest BCUT2D eigenvalue weighted by Gasteiger charge is -2.27. The molecule has 0 radical (unpaired) electrons. The minimum Gasteiger partial charge on any atom is -0.493 e. The Kier molecular flexibility index (Phi) is 8.27. The van der Waals surface area contributed by atoms with Gasteiger partial charge in [-0.1, -0.05) is 24.3 Å². The van der Waals surface area contributed by atoms with Gasteiger partial charge in [0, 0.05) is 18.8 Å². The number of carbonyl (C=O) groups excluding carboxylic acids is 4. The average molecular weight is 510 g/mol. The summed E-state index contributed by atoms with van der Waals surface area (Å²) < 4.78 is 11.0. The highest BCUT2D eigenvalue weighted by Crippen LogP contribution is 2.34. The molecule has 0 aromatic heterocycles. The number of carbonyl (C=O) groups is 4. The Labute approximate surface area is 213 Å². The van der Waals surface area contributed by atoms with Crippen LogP contribution in [0.25, 0.3) is 6.08 Å². The molecule has 0 bridgehead atoms. The second-order valence-corrected chi connectivity index (χ2v) is 9.32. The molecule has 2 saturated heterocycles. The molecule has 0 unspecified atom stereocenters. The fraction of sp³-hybridized carbons (Fsp3) is 0.308. The predicted octanol–water partition coefficient (Wildman–Crippen LogP) is 3.76. The molecule has 188 valence electrons. The molecule has 2 heterocycles. The molecule has 2 aromatic carbocycles. The van der Waals surface area contributed by atoms with Gasteiger partial charge in [-0.25, -0.2) is 0 Å². The van der Waals surface area contributed by atoms with Crippen molar-refractivity contribution >= 4 is 46.5 Å². The van der Waals surface area contributed by atoms with Crippen molar-refractivity contribution < 1.29 is 28.7 Å². The number of amides is 4. The van der Waals surface area contributed by atoms with Gasteiger partial charge in [0.1, 0.15) is 6.54 Å². The number of methoxy groups -OCH3 is 1. The number of rotatable bonds is 8. The highest BCUT2D eigenvalue weighted by atomic mass is 32.2. The van der Waals surface area contributed by atoms with Crippen LogP contribution in [0.3, 0.4) is 0 Å². The third kappa shape index (κ3) is 6.25. The van der Waals surface area contributed by atoms with Crippen molar-refractivity contribution in [3.05, 3.63) is 59.0 Å². The summed E-state index contributed by atoms with van der Waals surface area (Å²) in [5.74, 6) is -0.293. The Morgan fingerprint density at radius 3 is 2.50 bits per heavy atom. The summed E-state index contributed by atoms with van der Waals surface area (Å²) in [7, 11) is 1.47. The molecule has 2 aliphatic rings. The van der Waals surface area contributed by atoms with Gasteiger partial charge in [0.2, 0.25) is 5.91 Å². The fourth-order valence-corrected chi connectivity index (χ4v) is 4.76. The van der Waals surface area contributed by atoms with E-state index in [0.29, 0.717) is 35.8 Å². The first-order chi connectivity index (χ1) is 17.4. The minimum absolute atomic E-state index is 0.210. The van der Waals surface area contributed by atoms with E-state index in [4.69, 9.17) is 9.47 Å². The van der Waals surface area contributed by atoms with Crippen LogP contribution >= 0.6 is 11.8 Å². The van der Waals surface area contributed by atoms with Crippen LogP contribution in [-0.4, -0.2) is 66.1 Å². The standard InChI is InChI=1S/C26H27N3O6S/c1-34-21-14-18(10-11-20(21)35-17-23(30)27-19-8-4-2-5-9-19)15-22-25(32)29(26(33)36-22)16-24(31)28-12-6-3-7-13-28/h2,4-5,8-11,14-15H,3,6-7,12-13,16-17H2,1H3,(H,27,30). The van der Waals surface area contributed by atoms with E-state index in [9.17, 15) is 19.2 Å². The van der Waals surface area contributed by atoms with Gasteiger partial charge < -0.3 is 19.7 Å². The van der Waals surface area contributed by atoms with Crippen molar-refractivity contribution in [2.24, 2.45) is 0 Å². The van der Waals surface area contributed by atoms with Crippen LogP contribution in [0, 0.1) is 0 Å². The Balaban J connectivity index is 1.38. The lowest BCUT2D eigenvalue weighted by Crippen LogP contribution is -2.44. The van der Waals surface area contributed by atoms with E-state index in [0.717, 1.165) is 35.9 Å². The van der Waals surface area contributed by atoms with E-state index < -0.39 is 11.1 Å². The second-order valence-electron chi connectivity index (χ2n) is 8.32. The molecule has 4 rings (SSSR count). The number of ether oxygens (including phenoxy) is 2. The number of hydrogen-bond donors (Lipinski definition) is 1. The van der Waals surface area contributed by atoms with E-state index in [1.165, 1.54) is 7.11 Å². The SMILES string of the molecule is COc1cc(C=C2SC(=O)N(CC(=O)N3CCCCC3)C2=O)ccc1OCC(=O)Nc1ccccc1. The number of nitrogens with zero attached hydrogens (tertiary/aromatic N) is 2. The Morgan fingerprint density at radius 1 is 1.03 bits per heavy atom. The quantitative estimate of drug-likeness (QED) is 0.540. The van der Waals surface area contributed by atoms with Crippen LogP contribution in [0.2, 0.25) is 0 Å². The molecule has 2 aliphatic heterocycles.